The summed E-state index contributed by atoms with van der Waals surface area (Å²) in [7, 11) is 0. The molecule has 1 N–H and O–H groups in total. The highest BCUT2D eigenvalue weighted by molar-refractivity contribution is 7.98. The molecule has 0 saturated carbocycles. The van der Waals surface area contributed by atoms with Crippen LogP contribution in [0, 0.1) is 13.8 Å². The van der Waals surface area contributed by atoms with Gasteiger partial charge in [0.25, 0.3) is 0 Å². The van der Waals surface area contributed by atoms with Crippen molar-refractivity contribution in [1.82, 2.24) is 10.3 Å². The van der Waals surface area contributed by atoms with Crippen molar-refractivity contribution in [3.05, 3.63) is 15.6 Å². The maximum Gasteiger partial charge on any atom is 0.107 e. The molecule has 0 aromatic carbocycles. The molecule has 86 valence electrons. The van der Waals surface area contributed by atoms with E-state index >= 15 is 0 Å². The minimum Gasteiger partial charge on any atom is -0.310 e. The molecule has 0 aliphatic rings. The van der Waals surface area contributed by atoms with Crippen LogP contribution >= 0.6 is 23.1 Å². The number of hydrogen-bond donors (Lipinski definition) is 1. The normalized spacial score (nSPS) is 10.9. The van der Waals surface area contributed by atoms with Gasteiger partial charge in [-0.2, -0.15) is 11.8 Å². The van der Waals surface area contributed by atoms with Crippen molar-refractivity contribution in [1.29, 1.82) is 0 Å². The van der Waals surface area contributed by atoms with Gasteiger partial charge in [-0.05, 0) is 45.2 Å². The van der Waals surface area contributed by atoms with Crippen molar-refractivity contribution in [3.8, 4) is 0 Å². The van der Waals surface area contributed by atoms with E-state index in [9.17, 15) is 0 Å². The Morgan fingerprint density at radius 1 is 1.33 bits per heavy atom. The Morgan fingerprint density at radius 3 is 2.73 bits per heavy atom. The summed E-state index contributed by atoms with van der Waals surface area (Å²) in [4.78, 5) is 5.84. The molecule has 0 spiro atoms. The number of aryl methyl sites for hydroxylation is 2. The second-order valence-corrected chi connectivity index (χ2v) is 5.90. The van der Waals surface area contributed by atoms with Crippen molar-refractivity contribution >= 4 is 23.1 Å². The molecule has 1 rings (SSSR count). The molecular formula is C11H20N2S2. The molecule has 4 heteroatoms. The topological polar surface area (TPSA) is 24.9 Å². The van der Waals surface area contributed by atoms with Gasteiger partial charge in [0.1, 0.15) is 5.01 Å². The average Bonchev–Trinajstić information content (AvgIpc) is 2.52. The Balaban J connectivity index is 2.10. The van der Waals surface area contributed by atoms with E-state index in [2.05, 4.69) is 30.4 Å². The Bertz CT molecular complexity index is 265. The highest BCUT2D eigenvalue weighted by Gasteiger charge is 2.02. The van der Waals surface area contributed by atoms with Gasteiger partial charge in [0, 0.05) is 11.4 Å². The zero-order valence-electron chi connectivity index (χ0n) is 9.80. The zero-order chi connectivity index (χ0) is 11.1. The number of nitrogens with zero attached hydrogens (tertiary/aromatic N) is 1. The van der Waals surface area contributed by atoms with E-state index in [1.54, 1.807) is 11.3 Å². The first-order valence-corrected chi connectivity index (χ1v) is 7.57. The molecule has 15 heavy (non-hydrogen) atoms. The largest absolute Gasteiger partial charge is 0.310 e. The average molecular weight is 244 g/mol. The molecule has 0 aliphatic heterocycles. The van der Waals surface area contributed by atoms with Crippen molar-refractivity contribution in [2.75, 3.05) is 18.6 Å². The fourth-order valence-electron chi connectivity index (χ4n) is 1.31. The monoisotopic (exact) mass is 244 g/mol. The van der Waals surface area contributed by atoms with E-state index in [4.69, 9.17) is 0 Å². The molecule has 0 bridgehead atoms. The first kappa shape index (κ1) is 13.0. The quantitative estimate of drug-likeness (QED) is 0.746. The third-order valence-electron chi connectivity index (χ3n) is 2.30. The first-order chi connectivity index (χ1) is 7.24. The fourth-order valence-corrected chi connectivity index (χ4v) is 2.70. The van der Waals surface area contributed by atoms with Crippen LogP contribution < -0.4 is 5.32 Å². The van der Waals surface area contributed by atoms with E-state index in [-0.39, 0.29) is 0 Å². The second-order valence-electron chi connectivity index (χ2n) is 3.63. The summed E-state index contributed by atoms with van der Waals surface area (Å²) in [6.45, 7) is 6.25. The molecule has 1 aromatic heterocycles. The Hall–Kier alpha value is -0.0600. The minimum atomic E-state index is 0.929. The van der Waals surface area contributed by atoms with Gasteiger partial charge in [0.05, 0.1) is 5.69 Å². The molecular weight excluding hydrogens is 224 g/mol. The molecule has 0 fully saturated rings. The standard InChI is InChI=1S/C11H20N2S2/c1-9-10(2)15-11(13-9)8-12-6-4-5-7-14-3/h12H,4-8H2,1-3H3. The van der Waals surface area contributed by atoms with Crippen LogP contribution in [0.4, 0.5) is 0 Å². The van der Waals surface area contributed by atoms with Crippen LogP contribution in [-0.4, -0.2) is 23.5 Å². The molecule has 0 unspecified atom stereocenters. The van der Waals surface area contributed by atoms with E-state index in [1.807, 2.05) is 11.8 Å². The lowest BCUT2D eigenvalue weighted by molar-refractivity contribution is 0.641. The lowest BCUT2D eigenvalue weighted by Gasteiger charge is -2.01. The van der Waals surface area contributed by atoms with Crippen molar-refractivity contribution in [3.63, 3.8) is 0 Å². The molecule has 0 radical (unpaired) electrons. The van der Waals surface area contributed by atoms with Crippen LogP contribution in [0.15, 0.2) is 0 Å². The van der Waals surface area contributed by atoms with Crippen LogP contribution in [0.5, 0.6) is 0 Å². The summed E-state index contributed by atoms with van der Waals surface area (Å²) in [5, 5.41) is 4.66. The fraction of sp³-hybridized carbons (Fsp3) is 0.727. The third kappa shape index (κ3) is 5.00. The molecule has 0 saturated heterocycles. The van der Waals surface area contributed by atoms with Crippen LogP contribution in [-0.2, 0) is 6.54 Å². The second kappa shape index (κ2) is 7.25. The number of thiazole rings is 1. The molecule has 0 amide bonds. The number of hydrogen-bond acceptors (Lipinski definition) is 4. The maximum absolute atomic E-state index is 4.50. The van der Waals surface area contributed by atoms with E-state index in [1.165, 1.54) is 34.2 Å². The lowest BCUT2D eigenvalue weighted by atomic mass is 10.3. The van der Waals surface area contributed by atoms with Crippen LogP contribution in [0.1, 0.15) is 28.4 Å². The summed E-state index contributed by atoms with van der Waals surface area (Å²) >= 11 is 3.73. The molecule has 0 aliphatic carbocycles. The molecule has 2 nitrogen and oxygen atoms in total. The number of nitrogens with one attached hydrogen (secondary N) is 1. The van der Waals surface area contributed by atoms with Crippen LogP contribution in [0.2, 0.25) is 0 Å². The van der Waals surface area contributed by atoms with Gasteiger partial charge in [-0.1, -0.05) is 0 Å². The zero-order valence-corrected chi connectivity index (χ0v) is 11.4. The van der Waals surface area contributed by atoms with Gasteiger partial charge in [-0.3, -0.25) is 0 Å². The van der Waals surface area contributed by atoms with Crippen molar-refractivity contribution in [2.24, 2.45) is 0 Å². The number of rotatable bonds is 7. The summed E-state index contributed by atoms with van der Waals surface area (Å²) in [5.74, 6) is 1.27. The number of aromatic nitrogens is 1. The molecule has 1 aromatic rings. The Morgan fingerprint density at radius 2 is 2.13 bits per heavy atom. The van der Waals surface area contributed by atoms with Gasteiger partial charge < -0.3 is 5.32 Å². The maximum atomic E-state index is 4.50. The predicted molar refractivity (Wildman–Crippen MR) is 70.9 cm³/mol. The first-order valence-electron chi connectivity index (χ1n) is 5.36. The Kier molecular flexibility index (Phi) is 6.29. The molecule has 0 atom stereocenters. The van der Waals surface area contributed by atoms with Crippen LogP contribution in [0.3, 0.4) is 0 Å². The summed E-state index contributed by atoms with van der Waals surface area (Å²) in [6.07, 6.45) is 4.74. The summed E-state index contributed by atoms with van der Waals surface area (Å²) < 4.78 is 0. The van der Waals surface area contributed by atoms with Crippen LogP contribution in [0.25, 0.3) is 0 Å². The Labute approximate surface area is 101 Å². The van der Waals surface area contributed by atoms with Gasteiger partial charge >= 0.3 is 0 Å². The summed E-state index contributed by atoms with van der Waals surface area (Å²) in [5.41, 5.74) is 1.18. The van der Waals surface area contributed by atoms with E-state index in [0.29, 0.717) is 0 Å². The molecule has 1 heterocycles. The SMILES string of the molecule is CSCCCCNCc1nc(C)c(C)s1. The summed E-state index contributed by atoms with van der Waals surface area (Å²) in [6, 6.07) is 0. The number of unbranched alkanes of at least 4 members (excludes halogenated alkanes) is 1. The van der Waals surface area contributed by atoms with Gasteiger partial charge in [-0.25, -0.2) is 4.98 Å². The smallest absolute Gasteiger partial charge is 0.107 e. The van der Waals surface area contributed by atoms with E-state index < -0.39 is 0 Å². The van der Waals surface area contributed by atoms with Gasteiger partial charge in [0.2, 0.25) is 0 Å². The third-order valence-corrected chi connectivity index (χ3v) is 4.07. The van der Waals surface area contributed by atoms with E-state index in [0.717, 1.165) is 13.1 Å². The van der Waals surface area contributed by atoms with Gasteiger partial charge in [0.15, 0.2) is 0 Å². The minimum absolute atomic E-state index is 0.929. The number of thioether (sulfide) groups is 1. The highest BCUT2D eigenvalue weighted by Crippen LogP contribution is 2.15. The predicted octanol–water partition coefficient (Wildman–Crippen LogP) is 2.99. The van der Waals surface area contributed by atoms with Gasteiger partial charge in [-0.15, -0.1) is 11.3 Å². The highest BCUT2D eigenvalue weighted by atomic mass is 32.2. The van der Waals surface area contributed by atoms with Crippen molar-refractivity contribution in [2.45, 2.75) is 33.2 Å². The van der Waals surface area contributed by atoms with Crippen molar-refractivity contribution < 1.29 is 0 Å². The lowest BCUT2D eigenvalue weighted by Crippen LogP contribution is -2.14.